The van der Waals surface area contributed by atoms with Crippen LogP contribution >= 0.6 is 0 Å². The summed E-state index contributed by atoms with van der Waals surface area (Å²) in [5.41, 5.74) is 3.36. The van der Waals surface area contributed by atoms with Gasteiger partial charge in [0.15, 0.2) is 0 Å². The van der Waals surface area contributed by atoms with Crippen molar-refractivity contribution in [2.45, 2.75) is 13.8 Å². The Kier molecular flexibility index (Phi) is 4.13. The van der Waals surface area contributed by atoms with E-state index in [4.69, 9.17) is 0 Å². The van der Waals surface area contributed by atoms with Gasteiger partial charge in [-0.25, -0.2) is 0 Å². The Hall–Kier alpha value is -2.36. The van der Waals surface area contributed by atoms with E-state index in [0.717, 1.165) is 23.5 Å². The number of pyridine rings is 1. The van der Waals surface area contributed by atoms with Crippen molar-refractivity contribution in [3.63, 3.8) is 0 Å². The van der Waals surface area contributed by atoms with Gasteiger partial charge in [0, 0.05) is 30.3 Å². The highest BCUT2D eigenvalue weighted by atomic mass is 16.1. The SMILES string of the molecule is CCNc1cc(C)ccc1C(=O)Nc1ccncc1. The smallest absolute Gasteiger partial charge is 0.257 e. The van der Waals surface area contributed by atoms with Gasteiger partial charge in [0.05, 0.1) is 5.56 Å². The molecule has 1 aromatic carbocycles. The lowest BCUT2D eigenvalue weighted by Gasteiger charge is -2.12. The Balaban J connectivity index is 2.23. The monoisotopic (exact) mass is 255 g/mol. The second kappa shape index (κ2) is 6.00. The molecule has 0 spiro atoms. The van der Waals surface area contributed by atoms with Gasteiger partial charge in [-0.3, -0.25) is 9.78 Å². The molecule has 2 rings (SSSR count). The van der Waals surface area contributed by atoms with Crippen LogP contribution in [0.15, 0.2) is 42.7 Å². The summed E-state index contributed by atoms with van der Waals surface area (Å²) in [6.45, 7) is 4.79. The molecule has 0 unspecified atom stereocenters. The van der Waals surface area contributed by atoms with Gasteiger partial charge in [0.1, 0.15) is 0 Å². The van der Waals surface area contributed by atoms with Gasteiger partial charge in [0.25, 0.3) is 5.91 Å². The van der Waals surface area contributed by atoms with Crippen molar-refractivity contribution < 1.29 is 4.79 Å². The van der Waals surface area contributed by atoms with Crippen LogP contribution < -0.4 is 10.6 Å². The summed E-state index contributed by atoms with van der Waals surface area (Å²) in [7, 11) is 0. The lowest BCUT2D eigenvalue weighted by Crippen LogP contribution is -2.15. The Labute approximate surface area is 112 Å². The number of rotatable bonds is 4. The number of nitrogens with zero attached hydrogens (tertiary/aromatic N) is 1. The van der Waals surface area contributed by atoms with Crippen molar-refractivity contribution in [2.75, 3.05) is 17.2 Å². The first-order chi connectivity index (χ1) is 9.20. The van der Waals surface area contributed by atoms with Gasteiger partial charge >= 0.3 is 0 Å². The zero-order valence-electron chi connectivity index (χ0n) is 11.1. The van der Waals surface area contributed by atoms with Gasteiger partial charge in [-0.05, 0) is 43.7 Å². The largest absolute Gasteiger partial charge is 0.385 e. The molecule has 0 aliphatic rings. The van der Waals surface area contributed by atoms with Crippen LogP contribution in [0.4, 0.5) is 11.4 Å². The zero-order chi connectivity index (χ0) is 13.7. The van der Waals surface area contributed by atoms with Crippen molar-refractivity contribution in [1.29, 1.82) is 0 Å². The third kappa shape index (κ3) is 3.31. The summed E-state index contributed by atoms with van der Waals surface area (Å²) < 4.78 is 0. The molecule has 98 valence electrons. The maximum atomic E-state index is 12.2. The normalized spacial score (nSPS) is 10.0. The van der Waals surface area contributed by atoms with Gasteiger partial charge in [-0.15, -0.1) is 0 Å². The van der Waals surface area contributed by atoms with Crippen molar-refractivity contribution in [3.8, 4) is 0 Å². The molecule has 4 nitrogen and oxygen atoms in total. The fourth-order valence-electron chi connectivity index (χ4n) is 1.83. The van der Waals surface area contributed by atoms with E-state index in [2.05, 4.69) is 15.6 Å². The number of nitrogens with one attached hydrogen (secondary N) is 2. The van der Waals surface area contributed by atoms with Crippen LogP contribution in [0.3, 0.4) is 0 Å². The summed E-state index contributed by atoms with van der Waals surface area (Å²) in [4.78, 5) is 16.2. The molecular weight excluding hydrogens is 238 g/mol. The topological polar surface area (TPSA) is 54.0 Å². The Morgan fingerprint density at radius 2 is 1.95 bits per heavy atom. The van der Waals surface area contributed by atoms with E-state index in [0.29, 0.717) is 5.56 Å². The minimum absolute atomic E-state index is 0.123. The zero-order valence-corrected chi connectivity index (χ0v) is 11.1. The molecule has 0 bridgehead atoms. The molecule has 0 fully saturated rings. The molecule has 0 aliphatic carbocycles. The molecule has 2 aromatic rings. The quantitative estimate of drug-likeness (QED) is 0.882. The highest BCUT2D eigenvalue weighted by molar-refractivity contribution is 6.08. The molecule has 1 amide bonds. The summed E-state index contributed by atoms with van der Waals surface area (Å²) in [6, 6.07) is 9.27. The van der Waals surface area contributed by atoms with Crippen LogP contribution in [-0.4, -0.2) is 17.4 Å². The number of hydrogen-bond acceptors (Lipinski definition) is 3. The lowest BCUT2D eigenvalue weighted by atomic mass is 10.1. The van der Waals surface area contributed by atoms with E-state index in [1.165, 1.54) is 0 Å². The van der Waals surface area contributed by atoms with E-state index in [1.807, 2.05) is 32.0 Å². The molecule has 0 saturated carbocycles. The molecule has 0 saturated heterocycles. The maximum absolute atomic E-state index is 12.2. The van der Waals surface area contributed by atoms with E-state index in [1.54, 1.807) is 24.5 Å². The number of anilines is 2. The summed E-state index contributed by atoms with van der Waals surface area (Å²) in [5, 5.41) is 6.07. The highest BCUT2D eigenvalue weighted by Crippen LogP contribution is 2.19. The number of carbonyl (C=O) groups is 1. The van der Waals surface area contributed by atoms with Gasteiger partial charge in [-0.2, -0.15) is 0 Å². The number of benzene rings is 1. The van der Waals surface area contributed by atoms with E-state index in [9.17, 15) is 4.79 Å². The first-order valence-electron chi connectivity index (χ1n) is 6.26. The first-order valence-corrected chi connectivity index (χ1v) is 6.26. The van der Waals surface area contributed by atoms with Crippen LogP contribution in [0, 0.1) is 6.92 Å². The minimum Gasteiger partial charge on any atom is -0.385 e. The van der Waals surface area contributed by atoms with Crippen molar-refractivity contribution in [3.05, 3.63) is 53.9 Å². The maximum Gasteiger partial charge on any atom is 0.257 e. The summed E-state index contributed by atoms with van der Waals surface area (Å²) in [5.74, 6) is -0.123. The fraction of sp³-hybridized carbons (Fsp3) is 0.200. The Morgan fingerprint density at radius 3 is 2.63 bits per heavy atom. The second-order valence-electron chi connectivity index (χ2n) is 4.27. The van der Waals surface area contributed by atoms with Crippen LogP contribution in [-0.2, 0) is 0 Å². The lowest BCUT2D eigenvalue weighted by molar-refractivity contribution is 0.102. The second-order valence-corrected chi connectivity index (χ2v) is 4.27. The third-order valence-corrected chi connectivity index (χ3v) is 2.73. The van der Waals surface area contributed by atoms with Crippen molar-refractivity contribution in [1.82, 2.24) is 4.98 Å². The van der Waals surface area contributed by atoms with Gasteiger partial charge in [-0.1, -0.05) is 6.07 Å². The van der Waals surface area contributed by atoms with E-state index >= 15 is 0 Å². The first kappa shape index (κ1) is 13.1. The number of aromatic nitrogens is 1. The van der Waals surface area contributed by atoms with Crippen LogP contribution in [0.1, 0.15) is 22.8 Å². The molecule has 0 radical (unpaired) electrons. The number of hydrogen-bond donors (Lipinski definition) is 2. The number of carbonyl (C=O) groups excluding carboxylic acids is 1. The van der Waals surface area contributed by atoms with Crippen LogP contribution in [0.5, 0.6) is 0 Å². The molecule has 2 N–H and O–H groups in total. The van der Waals surface area contributed by atoms with E-state index < -0.39 is 0 Å². The average Bonchev–Trinajstić information content (AvgIpc) is 2.40. The van der Waals surface area contributed by atoms with Gasteiger partial charge < -0.3 is 10.6 Å². The van der Waals surface area contributed by atoms with E-state index in [-0.39, 0.29) is 5.91 Å². The fourth-order valence-corrected chi connectivity index (χ4v) is 1.83. The Bertz CT molecular complexity index is 567. The standard InChI is InChI=1S/C15H17N3O/c1-3-17-14-10-11(2)4-5-13(14)15(19)18-12-6-8-16-9-7-12/h4-10,17H,3H2,1-2H3,(H,16,18,19). The summed E-state index contributed by atoms with van der Waals surface area (Å²) in [6.07, 6.45) is 3.30. The summed E-state index contributed by atoms with van der Waals surface area (Å²) >= 11 is 0. The predicted octanol–water partition coefficient (Wildman–Crippen LogP) is 3.07. The molecule has 19 heavy (non-hydrogen) atoms. The molecule has 0 aliphatic heterocycles. The average molecular weight is 255 g/mol. The minimum atomic E-state index is -0.123. The molecule has 4 heteroatoms. The van der Waals surface area contributed by atoms with Crippen LogP contribution in [0.25, 0.3) is 0 Å². The number of amides is 1. The molecule has 0 atom stereocenters. The molecule has 1 heterocycles. The van der Waals surface area contributed by atoms with Crippen LogP contribution in [0.2, 0.25) is 0 Å². The predicted molar refractivity (Wildman–Crippen MR) is 77.5 cm³/mol. The number of aryl methyl sites for hydroxylation is 1. The Morgan fingerprint density at radius 1 is 1.21 bits per heavy atom. The molecular formula is C15H17N3O. The van der Waals surface area contributed by atoms with Crippen molar-refractivity contribution >= 4 is 17.3 Å². The van der Waals surface area contributed by atoms with Crippen molar-refractivity contribution in [2.24, 2.45) is 0 Å². The highest BCUT2D eigenvalue weighted by Gasteiger charge is 2.11. The third-order valence-electron chi connectivity index (χ3n) is 2.73. The van der Waals surface area contributed by atoms with Gasteiger partial charge in [0.2, 0.25) is 0 Å². The molecule has 1 aromatic heterocycles.